The molecule has 0 bridgehead atoms. The van der Waals surface area contributed by atoms with Gasteiger partial charge in [-0.15, -0.1) is 11.3 Å². The quantitative estimate of drug-likeness (QED) is 0.476. The average Bonchev–Trinajstić information content (AvgIpc) is 3.31. The third-order valence-corrected chi connectivity index (χ3v) is 6.40. The van der Waals surface area contributed by atoms with E-state index in [2.05, 4.69) is 10.6 Å². The first kappa shape index (κ1) is 23.6. The minimum Gasteiger partial charge on any atom is -0.497 e. The van der Waals surface area contributed by atoms with Crippen molar-refractivity contribution in [1.82, 2.24) is 10.6 Å². The number of methoxy groups -OCH3 is 1. The molecule has 34 heavy (non-hydrogen) atoms. The maximum Gasteiger partial charge on any atom is 0.268 e. The van der Waals surface area contributed by atoms with Gasteiger partial charge in [0.1, 0.15) is 22.8 Å². The monoisotopic (exact) mass is 476 g/mol. The molecule has 2 heterocycles. The molecule has 4 rings (SSSR count). The van der Waals surface area contributed by atoms with Crippen molar-refractivity contribution in [3.05, 3.63) is 87.2 Å². The molecule has 6 nitrogen and oxygen atoms in total. The van der Waals surface area contributed by atoms with E-state index in [1.54, 1.807) is 25.3 Å². The minimum atomic E-state index is -0.470. The number of fused-ring (bicyclic) bond motifs is 1. The summed E-state index contributed by atoms with van der Waals surface area (Å²) in [4.78, 5) is 27.3. The maximum absolute atomic E-state index is 13.5. The minimum absolute atomic E-state index is 0.183. The number of carbonyl (C=O) groups excluding carboxylic acids is 2. The highest BCUT2D eigenvalue weighted by molar-refractivity contribution is 7.10. The summed E-state index contributed by atoms with van der Waals surface area (Å²) in [5.74, 6) is 0.681. The van der Waals surface area contributed by atoms with E-state index in [1.807, 2.05) is 68.6 Å². The number of rotatable bonds is 6. The zero-order chi connectivity index (χ0) is 24.3. The molecular weight excluding hydrogens is 448 g/mol. The fourth-order valence-electron chi connectivity index (χ4n) is 3.98. The Bertz CT molecular complexity index is 1230. The van der Waals surface area contributed by atoms with Crippen molar-refractivity contribution < 1.29 is 19.1 Å². The summed E-state index contributed by atoms with van der Waals surface area (Å²) < 4.78 is 11.5. The van der Waals surface area contributed by atoms with E-state index in [4.69, 9.17) is 9.47 Å². The molecule has 7 heteroatoms. The number of hydrogen-bond acceptors (Lipinski definition) is 5. The summed E-state index contributed by atoms with van der Waals surface area (Å²) in [5, 5.41) is 7.85. The molecule has 1 aliphatic rings. The van der Waals surface area contributed by atoms with Crippen molar-refractivity contribution in [3.63, 3.8) is 0 Å². The van der Waals surface area contributed by atoms with Crippen LogP contribution in [0.1, 0.15) is 52.7 Å². The third-order valence-electron chi connectivity index (χ3n) is 5.58. The highest BCUT2D eigenvalue weighted by Gasteiger charge is 2.35. The number of amides is 2. The summed E-state index contributed by atoms with van der Waals surface area (Å²) >= 11 is 1.49. The zero-order valence-corrected chi connectivity index (χ0v) is 20.5. The Hall–Kier alpha value is -3.58. The second-order valence-corrected chi connectivity index (χ2v) is 9.87. The Morgan fingerprint density at radius 2 is 1.97 bits per heavy atom. The molecule has 1 atom stereocenters. The Morgan fingerprint density at radius 1 is 1.15 bits per heavy atom. The first-order valence-electron chi connectivity index (χ1n) is 11.0. The van der Waals surface area contributed by atoms with E-state index >= 15 is 0 Å². The van der Waals surface area contributed by atoms with Gasteiger partial charge in [0.15, 0.2) is 0 Å². The standard InChI is InChI=1S/C27H28N2O4S/c1-17-7-5-8-18(13-17)25(30)28-22(15-20-9-6-12-34-20)26(31)29-23-16-27(2,3)33-24-11-10-19(32-4)14-21(23)24/h5-15,23H,16H2,1-4H3,(H,28,30)(H,29,31)/b22-15-. The largest absolute Gasteiger partial charge is 0.497 e. The molecule has 0 fully saturated rings. The van der Waals surface area contributed by atoms with Crippen molar-refractivity contribution in [1.29, 1.82) is 0 Å². The molecular formula is C27H28N2O4S. The fourth-order valence-corrected chi connectivity index (χ4v) is 4.64. The summed E-state index contributed by atoms with van der Waals surface area (Å²) in [6.07, 6.45) is 2.27. The average molecular weight is 477 g/mol. The van der Waals surface area contributed by atoms with Gasteiger partial charge in [-0.1, -0.05) is 23.8 Å². The van der Waals surface area contributed by atoms with Gasteiger partial charge < -0.3 is 20.1 Å². The molecule has 176 valence electrons. The normalized spacial score (nSPS) is 16.7. The lowest BCUT2D eigenvalue weighted by Gasteiger charge is -2.38. The van der Waals surface area contributed by atoms with E-state index in [0.717, 1.165) is 16.0 Å². The van der Waals surface area contributed by atoms with Gasteiger partial charge >= 0.3 is 0 Å². The van der Waals surface area contributed by atoms with Crippen LogP contribution in [0.5, 0.6) is 11.5 Å². The third kappa shape index (κ3) is 5.48. The van der Waals surface area contributed by atoms with Crippen molar-refractivity contribution in [3.8, 4) is 11.5 Å². The van der Waals surface area contributed by atoms with Gasteiger partial charge in [0.25, 0.3) is 11.8 Å². The zero-order valence-electron chi connectivity index (χ0n) is 19.7. The highest BCUT2D eigenvalue weighted by atomic mass is 32.1. The van der Waals surface area contributed by atoms with E-state index in [-0.39, 0.29) is 23.6 Å². The van der Waals surface area contributed by atoms with Crippen molar-refractivity contribution >= 4 is 29.2 Å². The van der Waals surface area contributed by atoms with E-state index in [0.29, 0.717) is 23.5 Å². The van der Waals surface area contributed by atoms with Crippen LogP contribution in [0.15, 0.2) is 65.7 Å². The van der Waals surface area contributed by atoms with Gasteiger partial charge in [0.05, 0.1) is 13.2 Å². The Morgan fingerprint density at radius 3 is 2.68 bits per heavy atom. The predicted octanol–water partition coefficient (Wildman–Crippen LogP) is 5.25. The van der Waals surface area contributed by atoms with Crippen LogP contribution in [0.3, 0.4) is 0 Å². The summed E-state index contributed by atoms with van der Waals surface area (Å²) in [5.41, 5.74) is 2.01. The number of nitrogens with one attached hydrogen (secondary N) is 2. The van der Waals surface area contributed by atoms with Crippen LogP contribution >= 0.6 is 11.3 Å². The van der Waals surface area contributed by atoms with Crippen LogP contribution in [0.25, 0.3) is 6.08 Å². The summed E-state index contributed by atoms with van der Waals surface area (Å²) in [6, 6.07) is 16.3. The van der Waals surface area contributed by atoms with Crippen LogP contribution in [-0.2, 0) is 4.79 Å². The van der Waals surface area contributed by atoms with Gasteiger partial charge in [-0.25, -0.2) is 0 Å². The van der Waals surface area contributed by atoms with Crippen LogP contribution in [0.2, 0.25) is 0 Å². The van der Waals surface area contributed by atoms with Crippen molar-refractivity contribution in [2.45, 2.75) is 38.8 Å². The van der Waals surface area contributed by atoms with Gasteiger partial charge in [-0.05, 0) is 68.6 Å². The van der Waals surface area contributed by atoms with Crippen LogP contribution < -0.4 is 20.1 Å². The second kappa shape index (κ2) is 9.73. The van der Waals surface area contributed by atoms with Gasteiger partial charge in [0.2, 0.25) is 0 Å². The Labute approximate surface area is 203 Å². The number of ether oxygens (including phenoxy) is 2. The molecule has 1 unspecified atom stereocenters. The topological polar surface area (TPSA) is 76.7 Å². The lowest BCUT2D eigenvalue weighted by molar-refractivity contribution is -0.119. The lowest BCUT2D eigenvalue weighted by atomic mass is 9.89. The number of thiophene rings is 1. The van der Waals surface area contributed by atoms with E-state index in [1.165, 1.54) is 11.3 Å². The number of hydrogen-bond donors (Lipinski definition) is 2. The molecule has 0 radical (unpaired) electrons. The summed E-state index contributed by atoms with van der Waals surface area (Å²) in [7, 11) is 1.60. The molecule has 2 aromatic carbocycles. The molecule has 1 aromatic heterocycles. The van der Waals surface area contributed by atoms with Crippen molar-refractivity contribution in [2.75, 3.05) is 7.11 Å². The van der Waals surface area contributed by atoms with Gasteiger partial charge in [0, 0.05) is 22.4 Å². The Kier molecular flexibility index (Phi) is 6.75. The molecule has 2 amide bonds. The molecule has 2 N–H and O–H groups in total. The van der Waals surface area contributed by atoms with E-state index in [9.17, 15) is 9.59 Å². The summed E-state index contributed by atoms with van der Waals surface area (Å²) in [6.45, 7) is 5.90. The van der Waals surface area contributed by atoms with Gasteiger partial charge in [-0.2, -0.15) is 0 Å². The number of carbonyl (C=O) groups is 2. The highest BCUT2D eigenvalue weighted by Crippen LogP contribution is 2.41. The second-order valence-electron chi connectivity index (χ2n) is 8.89. The smallest absolute Gasteiger partial charge is 0.268 e. The molecule has 3 aromatic rings. The fraction of sp³-hybridized carbons (Fsp3) is 0.259. The van der Waals surface area contributed by atoms with E-state index < -0.39 is 5.60 Å². The SMILES string of the molecule is COc1ccc2c(c1)C(NC(=O)/C(=C/c1cccs1)NC(=O)c1cccc(C)c1)CC(C)(C)O2. The molecule has 0 saturated heterocycles. The van der Waals surface area contributed by atoms with Crippen molar-refractivity contribution in [2.24, 2.45) is 0 Å². The maximum atomic E-state index is 13.5. The number of aryl methyl sites for hydroxylation is 1. The number of benzene rings is 2. The van der Waals surface area contributed by atoms with Crippen LogP contribution in [-0.4, -0.2) is 24.5 Å². The molecule has 0 saturated carbocycles. The van der Waals surface area contributed by atoms with Crippen LogP contribution in [0.4, 0.5) is 0 Å². The lowest BCUT2D eigenvalue weighted by Crippen LogP contribution is -2.43. The molecule has 0 aliphatic carbocycles. The first-order chi connectivity index (χ1) is 16.2. The molecule has 1 aliphatic heterocycles. The Balaban J connectivity index is 1.63. The predicted molar refractivity (Wildman–Crippen MR) is 134 cm³/mol. The first-order valence-corrected chi connectivity index (χ1v) is 11.9. The van der Waals surface area contributed by atoms with Crippen LogP contribution in [0, 0.1) is 6.92 Å². The van der Waals surface area contributed by atoms with Gasteiger partial charge in [-0.3, -0.25) is 9.59 Å². The molecule has 0 spiro atoms.